The Morgan fingerprint density at radius 3 is 2.50 bits per heavy atom. The minimum Gasteiger partial charge on any atom is -0.492 e. The first kappa shape index (κ1) is 12.8. The number of fused-ring (bicyclic) bond motifs is 1. The molecule has 0 saturated carbocycles. The number of hydrogen-bond acceptors (Lipinski definition) is 1. The van der Waals surface area contributed by atoms with E-state index >= 15 is 0 Å². The minimum absolute atomic E-state index is 0.682. The smallest absolute Gasteiger partial charge is 0.119 e. The Morgan fingerprint density at radius 1 is 0.950 bits per heavy atom. The second kappa shape index (κ2) is 5.41. The highest BCUT2D eigenvalue weighted by Crippen LogP contribution is 2.17. The van der Waals surface area contributed by atoms with Crippen LogP contribution in [0.5, 0.6) is 5.75 Å². The molecule has 3 aromatic rings. The van der Waals surface area contributed by atoms with Gasteiger partial charge < -0.3 is 9.30 Å². The van der Waals surface area contributed by atoms with Crippen molar-refractivity contribution in [1.82, 2.24) is 4.57 Å². The van der Waals surface area contributed by atoms with Crippen molar-refractivity contribution in [1.29, 1.82) is 0 Å². The lowest BCUT2D eigenvalue weighted by atomic mass is 10.1. The molecule has 1 heterocycles. The van der Waals surface area contributed by atoms with E-state index in [1.54, 1.807) is 0 Å². The third kappa shape index (κ3) is 2.69. The van der Waals surface area contributed by atoms with Gasteiger partial charge in [-0.05, 0) is 54.6 Å². The van der Waals surface area contributed by atoms with Crippen LogP contribution in [0.1, 0.15) is 11.1 Å². The van der Waals surface area contributed by atoms with Crippen LogP contribution in [0, 0.1) is 13.8 Å². The van der Waals surface area contributed by atoms with Crippen LogP contribution in [-0.2, 0) is 6.54 Å². The molecule has 0 atom stereocenters. The van der Waals surface area contributed by atoms with Crippen LogP contribution in [0.3, 0.4) is 0 Å². The minimum atomic E-state index is 0.682. The average molecular weight is 265 g/mol. The summed E-state index contributed by atoms with van der Waals surface area (Å²) in [5, 5.41) is 1.28. The van der Waals surface area contributed by atoms with Crippen LogP contribution >= 0.6 is 0 Å². The quantitative estimate of drug-likeness (QED) is 0.684. The molecular weight excluding hydrogens is 246 g/mol. The van der Waals surface area contributed by atoms with E-state index in [0.29, 0.717) is 6.61 Å². The monoisotopic (exact) mass is 265 g/mol. The van der Waals surface area contributed by atoms with Gasteiger partial charge >= 0.3 is 0 Å². The van der Waals surface area contributed by atoms with Gasteiger partial charge in [-0.3, -0.25) is 0 Å². The molecule has 20 heavy (non-hydrogen) atoms. The van der Waals surface area contributed by atoms with Gasteiger partial charge in [0.2, 0.25) is 0 Å². The molecule has 0 fully saturated rings. The lowest BCUT2D eigenvalue weighted by Crippen LogP contribution is -2.07. The summed E-state index contributed by atoms with van der Waals surface area (Å²) in [5.41, 5.74) is 3.74. The van der Waals surface area contributed by atoms with Crippen molar-refractivity contribution in [3.63, 3.8) is 0 Å². The van der Waals surface area contributed by atoms with Gasteiger partial charge in [0.15, 0.2) is 0 Å². The highest BCUT2D eigenvalue weighted by molar-refractivity contribution is 5.79. The van der Waals surface area contributed by atoms with Gasteiger partial charge in [-0.25, -0.2) is 0 Å². The van der Waals surface area contributed by atoms with Crippen LogP contribution in [0.25, 0.3) is 10.9 Å². The summed E-state index contributed by atoms with van der Waals surface area (Å²) in [4.78, 5) is 0. The summed E-state index contributed by atoms with van der Waals surface area (Å²) in [6.45, 7) is 5.74. The SMILES string of the molecule is Cc1cc(C)cc(OCCn2ccc3ccccc32)c1. The van der Waals surface area contributed by atoms with Gasteiger partial charge in [0.05, 0.1) is 6.54 Å². The maximum absolute atomic E-state index is 5.87. The molecule has 0 saturated heterocycles. The number of ether oxygens (including phenoxy) is 1. The molecule has 2 heteroatoms. The third-order valence-electron chi connectivity index (χ3n) is 3.48. The molecule has 0 aliphatic carbocycles. The number of hydrogen-bond donors (Lipinski definition) is 0. The molecule has 0 spiro atoms. The third-order valence-corrected chi connectivity index (χ3v) is 3.48. The maximum atomic E-state index is 5.87. The van der Waals surface area contributed by atoms with Crippen molar-refractivity contribution in [3.05, 3.63) is 65.9 Å². The van der Waals surface area contributed by atoms with E-state index in [1.165, 1.54) is 22.0 Å². The summed E-state index contributed by atoms with van der Waals surface area (Å²) < 4.78 is 8.10. The molecule has 2 aromatic carbocycles. The highest BCUT2D eigenvalue weighted by atomic mass is 16.5. The molecule has 0 unspecified atom stereocenters. The highest BCUT2D eigenvalue weighted by Gasteiger charge is 2.01. The Balaban J connectivity index is 1.68. The van der Waals surface area contributed by atoms with Crippen molar-refractivity contribution >= 4 is 10.9 Å². The van der Waals surface area contributed by atoms with Crippen molar-refractivity contribution in [2.24, 2.45) is 0 Å². The maximum Gasteiger partial charge on any atom is 0.119 e. The first-order valence-electron chi connectivity index (χ1n) is 6.97. The van der Waals surface area contributed by atoms with E-state index < -0.39 is 0 Å². The van der Waals surface area contributed by atoms with E-state index in [4.69, 9.17) is 4.74 Å². The van der Waals surface area contributed by atoms with Crippen molar-refractivity contribution in [2.75, 3.05) is 6.61 Å². The Morgan fingerprint density at radius 2 is 1.70 bits per heavy atom. The topological polar surface area (TPSA) is 14.2 Å². The zero-order chi connectivity index (χ0) is 13.9. The summed E-state index contributed by atoms with van der Waals surface area (Å²) in [6.07, 6.45) is 2.12. The van der Waals surface area contributed by atoms with Crippen molar-refractivity contribution < 1.29 is 4.74 Å². The Labute approximate surface area is 119 Å². The van der Waals surface area contributed by atoms with E-state index in [0.717, 1.165) is 12.3 Å². The Hall–Kier alpha value is -2.22. The molecule has 102 valence electrons. The predicted octanol–water partition coefficient (Wildman–Crippen LogP) is 4.34. The zero-order valence-corrected chi connectivity index (χ0v) is 12.0. The molecule has 2 nitrogen and oxygen atoms in total. The number of aryl methyl sites for hydroxylation is 2. The van der Waals surface area contributed by atoms with Crippen LogP contribution in [0.2, 0.25) is 0 Å². The zero-order valence-electron chi connectivity index (χ0n) is 12.0. The van der Waals surface area contributed by atoms with E-state index in [1.807, 2.05) is 0 Å². The Bertz CT molecular complexity index is 707. The molecule has 0 amide bonds. The van der Waals surface area contributed by atoms with Crippen LogP contribution in [0.4, 0.5) is 0 Å². The fourth-order valence-corrected chi connectivity index (χ4v) is 2.61. The normalized spacial score (nSPS) is 10.9. The standard InChI is InChI=1S/C18H19NO/c1-14-11-15(2)13-17(12-14)20-10-9-19-8-7-16-5-3-4-6-18(16)19/h3-8,11-13H,9-10H2,1-2H3. The summed E-state index contributed by atoms with van der Waals surface area (Å²) >= 11 is 0. The van der Waals surface area contributed by atoms with E-state index in [2.05, 4.69) is 73.1 Å². The molecular formula is C18H19NO. The first-order valence-corrected chi connectivity index (χ1v) is 6.97. The molecule has 0 radical (unpaired) electrons. The van der Waals surface area contributed by atoms with Gasteiger partial charge in [0.1, 0.15) is 12.4 Å². The van der Waals surface area contributed by atoms with E-state index in [9.17, 15) is 0 Å². The fraction of sp³-hybridized carbons (Fsp3) is 0.222. The van der Waals surface area contributed by atoms with Gasteiger partial charge in [-0.15, -0.1) is 0 Å². The van der Waals surface area contributed by atoms with Gasteiger partial charge in [0, 0.05) is 11.7 Å². The second-order valence-electron chi connectivity index (χ2n) is 5.24. The molecule has 0 N–H and O–H groups in total. The van der Waals surface area contributed by atoms with Crippen molar-refractivity contribution in [2.45, 2.75) is 20.4 Å². The van der Waals surface area contributed by atoms with Gasteiger partial charge in [0.25, 0.3) is 0 Å². The van der Waals surface area contributed by atoms with E-state index in [-0.39, 0.29) is 0 Å². The number of aromatic nitrogens is 1. The van der Waals surface area contributed by atoms with Gasteiger partial charge in [-0.1, -0.05) is 24.3 Å². The molecule has 1 aromatic heterocycles. The Kier molecular flexibility index (Phi) is 3.46. The number of rotatable bonds is 4. The van der Waals surface area contributed by atoms with Gasteiger partial charge in [-0.2, -0.15) is 0 Å². The second-order valence-corrected chi connectivity index (χ2v) is 5.24. The fourth-order valence-electron chi connectivity index (χ4n) is 2.61. The molecule has 0 aliphatic rings. The van der Waals surface area contributed by atoms with Crippen LogP contribution < -0.4 is 4.74 Å². The molecule has 0 aliphatic heterocycles. The predicted molar refractivity (Wildman–Crippen MR) is 83.3 cm³/mol. The number of benzene rings is 2. The first-order chi connectivity index (χ1) is 9.72. The number of para-hydroxylation sites is 1. The lowest BCUT2D eigenvalue weighted by molar-refractivity contribution is 0.300. The number of nitrogens with zero attached hydrogens (tertiary/aromatic N) is 1. The lowest BCUT2D eigenvalue weighted by Gasteiger charge is -2.10. The molecule has 0 bridgehead atoms. The molecule has 3 rings (SSSR count). The largest absolute Gasteiger partial charge is 0.492 e. The summed E-state index contributed by atoms with van der Waals surface area (Å²) in [6, 6.07) is 16.9. The summed E-state index contributed by atoms with van der Waals surface area (Å²) in [7, 11) is 0. The van der Waals surface area contributed by atoms with Crippen LogP contribution in [0.15, 0.2) is 54.7 Å². The van der Waals surface area contributed by atoms with Crippen molar-refractivity contribution in [3.8, 4) is 5.75 Å². The van der Waals surface area contributed by atoms with Crippen LogP contribution in [-0.4, -0.2) is 11.2 Å². The summed E-state index contributed by atoms with van der Waals surface area (Å²) in [5.74, 6) is 0.957. The average Bonchev–Trinajstić information content (AvgIpc) is 2.81.